The van der Waals surface area contributed by atoms with Crippen molar-refractivity contribution in [2.45, 2.75) is 51.7 Å². The van der Waals surface area contributed by atoms with Crippen LogP contribution in [-0.4, -0.2) is 36.4 Å². The minimum Gasteiger partial charge on any atom is -0.464 e. The number of rotatable bonds is 0. The number of ketones is 1. The minimum absolute atomic E-state index is 0.0646. The molecular formula is C20H26O5. The Bertz CT molecular complexity index is 682. The van der Waals surface area contributed by atoms with Gasteiger partial charge in [0.25, 0.3) is 0 Å². The lowest BCUT2D eigenvalue weighted by Gasteiger charge is -2.60. The highest BCUT2D eigenvalue weighted by Gasteiger charge is 2.73. The molecule has 5 fully saturated rings. The average molecular weight is 346 g/mol. The molecule has 1 N–H and O–H groups in total. The molecular weight excluding hydrogens is 320 g/mol. The SMILES string of the molecule is C=C1C(=O)C23C[C@H]1CC[C@H]2C1(CCC[C@@]2(C)CO[C@@H](O)[C@@H]12)COC3=O. The van der Waals surface area contributed by atoms with Gasteiger partial charge in [-0.25, -0.2) is 0 Å². The third-order valence-corrected chi connectivity index (χ3v) is 8.32. The first-order chi connectivity index (χ1) is 11.9. The molecule has 2 unspecified atom stereocenters. The van der Waals surface area contributed by atoms with Crippen LogP contribution in [-0.2, 0) is 19.1 Å². The van der Waals surface area contributed by atoms with Crippen LogP contribution in [0.25, 0.3) is 0 Å². The first-order valence-corrected chi connectivity index (χ1v) is 9.56. The highest BCUT2D eigenvalue weighted by Crippen LogP contribution is 2.69. The zero-order valence-corrected chi connectivity index (χ0v) is 14.8. The van der Waals surface area contributed by atoms with Crippen molar-refractivity contribution in [3.05, 3.63) is 12.2 Å². The number of aliphatic hydroxyl groups excluding tert-OH is 1. The first-order valence-electron chi connectivity index (χ1n) is 9.56. The maximum atomic E-state index is 13.1. The number of carbonyl (C=O) groups is 2. The quantitative estimate of drug-likeness (QED) is 0.414. The third-order valence-electron chi connectivity index (χ3n) is 8.32. The lowest BCUT2D eigenvalue weighted by Crippen LogP contribution is -2.64. The monoisotopic (exact) mass is 346 g/mol. The van der Waals surface area contributed by atoms with Gasteiger partial charge in [-0.2, -0.15) is 0 Å². The first kappa shape index (κ1) is 16.0. The molecule has 5 nitrogen and oxygen atoms in total. The standard InChI is InChI=1S/C20H26O5/c1-11-12-4-5-13-19(10-25-17(23)20(13,8-12)15(11)21)7-3-6-18(2)9-24-16(22)14(18)19/h12-14,16,22H,1,3-10H2,2H3/t12-,13+,14-,16-,18+,19?,20?/m1/s1. The van der Waals surface area contributed by atoms with Crippen LogP contribution < -0.4 is 0 Å². The van der Waals surface area contributed by atoms with Gasteiger partial charge in [0.15, 0.2) is 12.1 Å². The highest BCUT2D eigenvalue weighted by molar-refractivity contribution is 6.15. The number of ether oxygens (including phenoxy) is 2. The molecule has 2 heterocycles. The van der Waals surface area contributed by atoms with Crippen LogP contribution in [0, 0.1) is 34.0 Å². The van der Waals surface area contributed by atoms with E-state index in [1.165, 1.54) is 0 Å². The van der Waals surface area contributed by atoms with Crippen LogP contribution in [0.5, 0.6) is 0 Å². The van der Waals surface area contributed by atoms with Crippen molar-refractivity contribution in [3.8, 4) is 0 Å². The van der Waals surface area contributed by atoms with E-state index in [-0.39, 0.29) is 40.3 Å². The summed E-state index contributed by atoms with van der Waals surface area (Å²) in [5, 5.41) is 10.7. The van der Waals surface area contributed by atoms with Crippen LogP contribution in [0.1, 0.15) is 45.4 Å². The van der Waals surface area contributed by atoms with Crippen molar-refractivity contribution in [2.75, 3.05) is 13.2 Å². The molecule has 0 radical (unpaired) electrons. The summed E-state index contributed by atoms with van der Waals surface area (Å²) in [6.07, 6.45) is 4.38. The summed E-state index contributed by atoms with van der Waals surface area (Å²) in [7, 11) is 0. The Morgan fingerprint density at radius 2 is 2.00 bits per heavy atom. The van der Waals surface area contributed by atoms with Gasteiger partial charge in [-0.15, -0.1) is 0 Å². The minimum atomic E-state index is -1.06. The van der Waals surface area contributed by atoms with Gasteiger partial charge in [0.2, 0.25) is 0 Å². The maximum Gasteiger partial charge on any atom is 0.320 e. The molecule has 25 heavy (non-hydrogen) atoms. The Morgan fingerprint density at radius 1 is 1.20 bits per heavy atom. The van der Waals surface area contributed by atoms with Crippen molar-refractivity contribution in [2.24, 2.45) is 34.0 Å². The Balaban J connectivity index is 1.67. The largest absolute Gasteiger partial charge is 0.464 e. The van der Waals surface area contributed by atoms with Gasteiger partial charge in [-0.3, -0.25) is 9.59 Å². The number of cyclic esters (lactones) is 1. The van der Waals surface area contributed by atoms with Gasteiger partial charge in [0, 0.05) is 11.3 Å². The molecule has 2 saturated heterocycles. The number of carbonyl (C=O) groups excluding carboxylic acids is 2. The van der Waals surface area contributed by atoms with E-state index in [0.717, 1.165) is 32.1 Å². The lowest BCUT2D eigenvalue weighted by atomic mass is 9.45. The second-order valence-electron chi connectivity index (χ2n) is 9.35. The Kier molecular flexibility index (Phi) is 3.04. The molecule has 2 bridgehead atoms. The Labute approximate surface area is 147 Å². The zero-order chi connectivity index (χ0) is 17.6. The van der Waals surface area contributed by atoms with Crippen molar-refractivity contribution in [1.82, 2.24) is 0 Å². The van der Waals surface area contributed by atoms with E-state index in [2.05, 4.69) is 13.5 Å². The molecule has 5 aliphatic rings. The van der Waals surface area contributed by atoms with Crippen molar-refractivity contribution in [1.29, 1.82) is 0 Å². The molecule has 0 aromatic carbocycles. The van der Waals surface area contributed by atoms with Gasteiger partial charge >= 0.3 is 5.97 Å². The topological polar surface area (TPSA) is 72.8 Å². The molecule has 7 atom stereocenters. The molecule has 5 heteroatoms. The van der Waals surface area contributed by atoms with Crippen LogP contribution in [0.2, 0.25) is 0 Å². The third kappa shape index (κ3) is 1.67. The molecule has 2 spiro atoms. The summed E-state index contributed by atoms with van der Waals surface area (Å²) in [6, 6.07) is 0. The summed E-state index contributed by atoms with van der Waals surface area (Å²) in [5.74, 6) is -0.472. The summed E-state index contributed by atoms with van der Waals surface area (Å²) in [6.45, 7) is 7.02. The summed E-state index contributed by atoms with van der Waals surface area (Å²) in [4.78, 5) is 26.0. The van der Waals surface area contributed by atoms with Crippen LogP contribution in [0.15, 0.2) is 12.2 Å². The summed E-state index contributed by atoms with van der Waals surface area (Å²) >= 11 is 0. The smallest absolute Gasteiger partial charge is 0.320 e. The molecule has 2 aliphatic heterocycles. The fraction of sp³-hybridized carbons (Fsp3) is 0.800. The number of Topliss-reactive ketones (excluding diaryl/α,β-unsaturated/α-hetero) is 1. The molecule has 3 aliphatic carbocycles. The molecule has 3 saturated carbocycles. The molecule has 0 amide bonds. The number of fused-ring (bicyclic) bond motifs is 4. The predicted octanol–water partition coefficient (Wildman–Crippen LogP) is 2.23. The van der Waals surface area contributed by atoms with E-state index >= 15 is 0 Å². The van der Waals surface area contributed by atoms with E-state index in [1.807, 2.05) is 0 Å². The fourth-order valence-electron chi connectivity index (χ4n) is 7.33. The van der Waals surface area contributed by atoms with Crippen molar-refractivity contribution < 1.29 is 24.2 Å². The molecule has 0 aromatic heterocycles. The summed E-state index contributed by atoms with van der Waals surface area (Å²) < 4.78 is 11.4. The van der Waals surface area contributed by atoms with Crippen LogP contribution >= 0.6 is 0 Å². The Hall–Kier alpha value is -1.20. The number of esters is 1. The highest BCUT2D eigenvalue weighted by atomic mass is 16.6. The Morgan fingerprint density at radius 3 is 2.80 bits per heavy atom. The molecule has 136 valence electrons. The number of hydrogen-bond acceptors (Lipinski definition) is 5. The van der Waals surface area contributed by atoms with E-state index in [0.29, 0.717) is 25.2 Å². The maximum absolute atomic E-state index is 13.1. The summed E-state index contributed by atoms with van der Waals surface area (Å²) in [5.41, 5.74) is -0.919. The second-order valence-corrected chi connectivity index (χ2v) is 9.35. The number of aliphatic hydroxyl groups is 1. The zero-order valence-electron chi connectivity index (χ0n) is 14.8. The van der Waals surface area contributed by atoms with Gasteiger partial charge in [-0.1, -0.05) is 19.9 Å². The van der Waals surface area contributed by atoms with Gasteiger partial charge < -0.3 is 14.6 Å². The normalized spacial score (nSPS) is 54.4. The van der Waals surface area contributed by atoms with E-state index < -0.39 is 11.7 Å². The number of allylic oxidation sites excluding steroid dienone is 1. The molecule has 5 rings (SSSR count). The lowest BCUT2D eigenvalue weighted by molar-refractivity contribution is -0.225. The van der Waals surface area contributed by atoms with E-state index in [9.17, 15) is 14.7 Å². The van der Waals surface area contributed by atoms with E-state index in [4.69, 9.17) is 9.47 Å². The second kappa shape index (κ2) is 4.74. The van der Waals surface area contributed by atoms with Gasteiger partial charge in [-0.05, 0) is 54.9 Å². The van der Waals surface area contributed by atoms with Crippen LogP contribution in [0.4, 0.5) is 0 Å². The van der Waals surface area contributed by atoms with Crippen molar-refractivity contribution in [3.63, 3.8) is 0 Å². The average Bonchev–Trinajstić information content (AvgIpc) is 3.01. The fourth-order valence-corrected chi connectivity index (χ4v) is 7.33. The molecule has 0 aromatic rings. The van der Waals surface area contributed by atoms with E-state index in [1.54, 1.807) is 0 Å². The predicted molar refractivity (Wildman–Crippen MR) is 88.2 cm³/mol. The van der Waals surface area contributed by atoms with Crippen LogP contribution in [0.3, 0.4) is 0 Å². The number of hydrogen-bond donors (Lipinski definition) is 1. The van der Waals surface area contributed by atoms with Gasteiger partial charge in [0.05, 0.1) is 13.2 Å². The van der Waals surface area contributed by atoms with Crippen molar-refractivity contribution >= 4 is 11.8 Å². The van der Waals surface area contributed by atoms with Gasteiger partial charge in [0.1, 0.15) is 5.41 Å².